The van der Waals surface area contributed by atoms with Gasteiger partial charge >= 0.3 is 0 Å². The number of nitro groups is 1. The average molecular weight is 314 g/mol. The van der Waals surface area contributed by atoms with Gasteiger partial charge in [0.1, 0.15) is 0 Å². The van der Waals surface area contributed by atoms with Crippen LogP contribution in [0.1, 0.15) is 0 Å². The Labute approximate surface area is 118 Å². The van der Waals surface area contributed by atoms with Crippen LogP contribution >= 0.6 is 0 Å². The average Bonchev–Trinajstić information content (AvgIpc) is 2.43. The topological polar surface area (TPSA) is 89.3 Å². The summed E-state index contributed by atoms with van der Waals surface area (Å²) in [5, 5.41) is 10.6. The van der Waals surface area contributed by atoms with Crippen LogP contribution in [0.25, 0.3) is 0 Å². The van der Waals surface area contributed by atoms with Gasteiger partial charge in [0.15, 0.2) is 11.6 Å². The third kappa shape index (κ3) is 3.31. The molecule has 110 valence electrons. The first-order chi connectivity index (χ1) is 9.79. The number of non-ortho nitro benzene ring substituents is 1. The van der Waals surface area contributed by atoms with Crippen LogP contribution < -0.4 is 4.72 Å². The van der Waals surface area contributed by atoms with Gasteiger partial charge in [-0.1, -0.05) is 6.07 Å². The highest BCUT2D eigenvalue weighted by molar-refractivity contribution is 7.92. The summed E-state index contributed by atoms with van der Waals surface area (Å²) in [6, 6.07) is 6.82. The van der Waals surface area contributed by atoms with Gasteiger partial charge in [0.05, 0.1) is 15.5 Å². The van der Waals surface area contributed by atoms with E-state index in [0.717, 1.165) is 30.3 Å². The number of anilines is 1. The molecule has 0 amide bonds. The van der Waals surface area contributed by atoms with Gasteiger partial charge < -0.3 is 0 Å². The molecule has 0 aliphatic carbocycles. The van der Waals surface area contributed by atoms with Gasteiger partial charge in [0.2, 0.25) is 0 Å². The largest absolute Gasteiger partial charge is 0.280 e. The lowest BCUT2D eigenvalue weighted by atomic mass is 10.3. The summed E-state index contributed by atoms with van der Waals surface area (Å²) in [5.74, 6) is -2.33. The molecule has 6 nitrogen and oxygen atoms in total. The zero-order chi connectivity index (χ0) is 15.6. The van der Waals surface area contributed by atoms with E-state index in [1.54, 1.807) is 0 Å². The minimum atomic E-state index is -4.14. The lowest BCUT2D eigenvalue weighted by molar-refractivity contribution is -0.385. The van der Waals surface area contributed by atoms with Crippen LogP contribution in [0, 0.1) is 21.7 Å². The van der Waals surface area contributed by atoms with Crippen LogP contribution in [0.3, 0.4) is 0 Å². The zero-order valence-electron chi connectivity index (χ0n) is 10.3. The Morgan fingerprint density at radius 3 is 2.38 bits per heavy atom. The second-order valence-electron chi connectivity index (χ2n) is 3.99. The minimum Gasteiger partial charge on any atom is -0.280 e. The van der Waals surface area contributed by atoms with Crippen LogP contribution in [0.4, 0.5) is 20.2 Å². The molecule has 9 heteroatoms. The summed E-state index contributed by atoms with van der Waals surface area (Å²) >= 11 is 0. The minimum absolute atomic E-state index is 0.194. The molecule has 0 fully saturated rings. The Hall–Kier alpha value is -2.55. The second-order valence-corrected chi connectivity index (χ2v) is 5.67. The molecule has 0 unspecified atom stereocenters. The van der Waals surface area contributed by atoms with Crippen molar-refractivity contribution in [3.05, 3.63) is 64.2 Å². The number of halogens is 2. The highest BCUT2D eigenvalue weighted by atomic mass is 32.2. The summed E-state index contributed by atoms with van der Waals surface area (Å²) < 4.78 is 51.9. The van der Waals surface area contributed by atoms with Gasteiger partial charge in [-0.05, 0) is 18.2 Å². The Bertz CT molecular complexity index is 809. The fraction of sp³-hybridized carbons (Fsp3) is 0. The maximum absolute atomic E-state index is 13.0. The Kier molecular flexibility index (Phi) is 3.85. The third-order valence-corrected chi connectivity index (χ3v) is 3.89. The maximum atomic E-state index is 13.0. The normalized spacial score (nSPS) is 11.1. The first-order valence-corrected chi connectivity index (χ1v) is 7.00. The molecule has 0 aromatic heterocycles. The van der Waals surface area contributed by atoms with Gasteiger partial charge in [0, 0.05) is 18.2 Å². The van der Waals surface area contributed by atoms with Crippen LogP contribution in [-0.4, -0.2) is 13.3 Å². The second kappa shape index (κ2) is 5.44. The van der Waals surface area contributed by atoms with Gasteiger partial charge in [-0.25, -0.2) is 17.2 Å². The fourth-order valence-electron chi connectivity index (χ4n) is 1.54. The van der Waals surface area contributed by atoms with Crippen molar-refractivity contribution in [1.82, 2.24) is 0 Å². The molecular weight excluding hydrogens is 306 g/mol. The number of hydrogen-bond donors (Lipinski definition) is 1. The van der Waals surface area contributed by atoms with Gasteiger partial charge in [-0.15, -0.1) is 0 Å². The number of sulfonamides is 1. The molecule has 0 heterocycles. The van der Waals surface area contributed by atoms with Gasteiger partial charge in [0.25, 0.3) is 15.7 Å². The SMILES string of the molecule is O=[N+]([O-])c1cccc(S(=O)(=O)Nc2ccc(F)c(F)c2)c1. The van der Waals surface area contributed by atoms with Crippen molar-refractivity contribution in [2.45, 2.75) is 4.90 Å². The molecule has 0 aliphatic rings. The molecule has 0 spiro atoms. The molecule has 0 saturated heterocycles. The predicted molar refractivity (Wildman–Crippen MR) is 70.3 cm³/mol. The van der Waals surface area contributed by atoms with E-state index in [9.17, 15) is 27.3 Å². The van der Waals surface area contributed by atoms with Crippen molar-refractivity contribution < 1.29 is 22.1 Å². The van der Waals surface area contributed by atoms with Crippen LogP contribution in [0.2, 0.25) is 0 Å². The van der Waals surface area contributed by atoms with E-state index in [0.29, 0.717) is 6.07 Å². The molecule has 0 atom stereocenters. The molecule has 0 bridgehead atoms. The lowest BCUT2D eigenvalue weighted by Gasteiger charge is -2.08. The van der Waals surface area contributed by atoms with Crippen molar-refractivity contribution in [3.63, 3.8) is 0 Å². The van der Waals surface area contributed by atoms with Crippen LogP contribution in [-0.2, 0) is 10.0 Å². The van der Waals surface area contributed by atoms with Crippen molar-refractivity contribution in [2.75, 3.05) is 4.72 Å². The Morgan fingerprint density at radius 2 is 1.76 bits per heavy atom. The van der Waals surface area contributed by atoms with E-state index in [1.807, 2.05) is 4.72 Å². The number of rotatable bonds is 4. The lowest BCUT2D eigenvalue weighted by Crippen LogP contribution is -2.13. The highest BCUT2D eigenvalue weighted by Crippen LogP contribution is 2.21. The van der Waals surface area contributed by atoms with Crippen molar-refractivity contribution in [3.8, 4) is 0 Å². The Balaban J connectivity index is 2.36. The van der Waals surface area contributed by atoms with Gasteiger partial charge in [-0.2, -0.15) is 0 Å². The van der Waals surface area contributed by atoms with Crippen molar-refractivity contribution in [2.24, 2.45) is 0 Å². The smallest absolute Gasteiger partial charge is 0.270 e. The van der Waals surface area contributed by atoms with Crippen LogP contribution in [0.15, 0.2) is 47.4 Å². The quantitative estimate of drug-likeness (QED) is 0.694. The van der Waals surface area contributed by atoms with Crippen LogP contribution in [0.5, 0.6) is 0 Å². The van der Waals surface area contributed by atoms with E-state index >= 15 is 0 Å². The van der Waals surface area contributed by atoms with E-state index in [-0.39, 0.29) is 10.6 Å². The summed E-state index contributed by atoms with van der Waals surface area (Å²) in [4.78, 5) is 9.52. The molecule has 0 aliphatic heterocycles. The molecule has 21 heavy (non-hydrogen) atoms. The maximum Gasteiger partial charge on any atom is 0.270 e. The number of hydrogen-bond acceptors (Lipinski definition) is 4. The molecule has 2 aromatic rings. The van der Waals surface area contributed by atoms with Crippen molar-refractivity contribution in [1.29, 1.82) is 0 Å². The number of nitrogens with zero attached hydrogens (tertiary/aromatic N) is 1. The van der Waals surface area contributed by atoms with E-state index < -0.39 is 32.3 Å². The third-order valence-electron chi connectivity index (χ3n) is 2.51. The molecular formula is C12H8F2N2O4S. The predicted octanol–water partition coefficient (Wildman–Crippen LogP) is 2.67. The first kappa shape index (κ1) is 14.9. The van der Waals surface area contributed by atoms with E-state index in [2.05, 4.69) is 0 Å². The van der Waals surface area contributed by atoms with Gasteiger partial charge in [-0.3, -0.25) is 14.8 Å². The summed E-state index contributed by atoms with van der Waals surface area (Å²) in [6.45, 7) is 0. The molecule has 2 rings (SSSR count). The van der Waals surface area contributed by atoms with E-state index in [1.165, 1.54) is 6.07 Å². The van der Waals surface area contributed by atoms with E-state index in [4.69, 9.17) is 0 Å². The highest BCUT2D eigenvalue weighted by Gasteiger charge is 2.18. The summed E-state index contributed by atoms with van der Waals surface area (Å²) in [7, 11) is -4.14. The standard InChI is InChI=1S/C12H8F2N2O4S/c13-11-5-4-8(6-12(11)14)15-21(19,20)10-3-1-2-9(7-10)16(17)18/h1-7,15H. The molecule has 0 saturated carbocycles. The molecule has 2 aromatic carbocycles. The molecule has 0 radical (unpaired) electrons. The number of benzene rings is 2. The fourth-order valence-corrected chi connectivity index (χ4v) is 2.63. The van der Waals surface area contributed by atoms with Crippen molar-refractivity contribution >= 4 is 21.4 Å². The Morgan fingerprint density at radius 1 is 1.05 bits per heavy atom. The number of nitrogens with one attached hydrogen (secondary N) is 1. The zero-order valence-corrected chi connectivity index (χ0v) is 11.1. The molecule has 1 N–H and O–H groups in total. The number of nitro benzene ring substituents is 1. The summed E-state index contributed by atoms with van der Waals surface area (Å²) in [6.07, 6.45) is 0. The first-order valence-electron chi connectivity index (χ1n) is 5.52. The summed E-state index contributed by atoms with van der Waals surface area (Å²) in [5.41, 5.74) is -0.594. The monoisotopic (exact) mass is 314 g/mol.